The summed E-state index contributed by atoms with van der Waals surface area (Å²) in [7, 11) is 0. The minimum absolute atomic E-state index is 0.0998. The predicted octanol–water partition coefficient (Wildman–Crippen LogP) is 4.23. The van der Waals surface area contributed by atoms with E-state index in [0.29, 0.717) is 35.7 Å². The van der Waals surface area contributed by atoms with Gasteiger partial charge in [-0.1, -0.05) is 46.8 Å². The van der Waals surface area contributed by atoms with Gasteiger partial charge in [-0.25, -0.2) is 9.59 Å². The molecule has 1 aromatic rings. The number of allylic oxidation sites excluding steroid dienone is 1. The molecule has 0 bridgehead atoms. The van der Waals surface area contributed by atoms with Gasteiger partial charge in [0.15, 0.2) is 0 Å². The third-order valence-electron chi connectivity index (χ3n) is 4.82. The minimum atomic E-state index is -0.652. The van der Waals surface area contributed by atoms with Crippen LogP contribution < -0.4 is 10.6 Å². The number of nitrogens with one attached hydrogen (secondary N) is 2. The molecule has 1 aromatic carbocycles. The Hall–Kier alpha value is -2.83. The molecule has 1 aliphatic rings. The molecule has 0 fully saturated rings. The smallest absolute Gasteiger partial charge is 0.338 e. The molecule has 1 aliphatic heterocycles. The largest absolute Gasteiger partial charge is 0.462 e. The molecular weight excluding hydrogens is 382 g/mol. The highest BCUT2D eigenvalue weighted by atomic mass is 16.5. The van der Waals surface area contributed by atoms with E-state index >= 15 is 0 Å². The van der Waals surface area contributed by atoms with Crippen molar-refractivity contribution in [3.63, 3.8) is 0 Å². The maximum absolute atomic E-state index is 13.0. The number of carbonyl (C=O) groups excluding carboxylic acids is 3. The van der Waals surface area contributed by atoms with Gasteiger partial charge in [-0.2, -0.15) is 0 Å². The number of benzene rings is 1. The first kappa shape index (κ1) is 23.4. The number of nitrogens with zero attached hydrogens (tertiary/aromatic N) is 1. The molecule has 1 heterocycles. The summed E-state index contributed by atoms with van der Waals surface area (Å²) in [6, 6.07) is 6.28. The van der Waals surface area contributed by atoms with Crippen molar-refractivity contribution in [1.82, 2.24) is 10.2 Å². The topological polar surface area (TPSA) is 87.7 Å². The summed E-state index contributed by atoms with van der Waals surface area (Å²) in [4.78, 5) is 39.3. The summed E-state index contributed by atoms with van der Waals surface area (Å²) in [5.41, 5.74) is 2.33. The van der Waals surface area contributed by atoms with Crippen LogP contribution in [0.5, 0.6) is 0 Å². The summed E-state index contributed by atoms with van der Waals surface area (Å²) < 4.78 is 5.51. The lowest BCUT2D eigenvalue weighted by atomic mass is 9.94. The van der Waals surface area contributed by atoms with Crippen molar-refractivity contribution in [2.45, 2.75) is 54.0 Å². The molecule has 30 heavy (non-hydrogen) atoms. The van der Waals surface area contributed by atoms with Crippen LogP contribution in [-0.2, 0) is 14.3 Å². The number of esters is 1. The Bertz CT molecular complexity index is 829. The molecule has 2 rings (SSSR count). The van der Waals surface area contributed by atoms with E-state index in [1.807, 2.05) is 40.7 Å². The second-order valence-electron chi connectivity index (χ2n) is 8.29. The predicted molar refractivity (Wildman–Crippen MR) is 117 cm³/mol. The molecule has 7 heteroatoms. The van der Waals surface area contributed by atoms with Crippen LogP contribution in [0.2, 0.25) is 0 Å². The Balaban J connectivity index is 2.44. The fraction of sp³-hybridized carbons (Fsp3) is 0.522. The highest BCUT2D eigenvalue weighted by Gasteiger charge is 2.36. The van der Waals surface area contributed by atoms with Crippen molar-refractivity contribution in [1.29, 1.82) is 0 Å². The van der Waals surface area contributed by atoms with Crippen molar-refractivity contribution in [3.05, 3.63) is 41.1 Å². The summed E-state index contributed by atoms with van der Waals surface area (Å²) in [5.74, 6) is -0.497. The van der Waals surface area contributed by atoms with Gasteiger partial charge in [0.2, 0.25) is 5.91 Å². The Morgan fingerprint density at radius 3 is 2.53 bits per heavy atom. The maximum Gasteiger partial charge on any atom is 0.338 e. The van der Waals surface area contributed by atoms with E-state index < -0.39 is 12.0 Å². The van der Waals surface area contributed by atoms with Crippen molar-refractivity contribution in [3.8, 4) is 0 Å². The van der Waals surface area contributed by atoms with Gasteiger partial charge in [-0.3, -0.25) is 9.69 Å². The molecular formula is C23H33N3O4. The first-order valence-corrected chi connectivity index (χ1v) is 10.5. The van der Waals surface area contributed by atoms with Crippen LogP contribution in [0.25, 0.3) is 0 Å². The van der Waals surface area contributed by atoms with Crippen molar-refractivity contribution in [2.75, 3.05) is 18.5 Å². The van der Waals surface area contributed by atoms with Crippen LogP contribution in [-0.4, -0.2) is 36.0 Å². The number of hydrogen-bond acceptors (Lipinski definition) is 4. The first-order chi connectivity index (χ1) is 14.1. The maximum atomic E-state index is 13.0. The van der Waals surface area contributed by atoms with Gasteiger partial charge in [0.25, 0.3) is 0 Å². The van der Waals surface area contributed by atoms with Gasteiger partial charge in [0, 0.05) is 23.8 Å². The first-order valence-electron chi connectivity index (χ1n) is 10.5. The van der Waals surface area contributed by atoms with Crippen molar-refractivity contribution < 1.29 is 19.1 Å². The second kappa shape index (κ2) is 10.3. The summed E-state index contributed by atoms with van der Waals surface area (Å²) in [5, 5.41) is 5.80. The summed E-state index contributed by atoms with van der Waals surface area (Å²) in [6.07, 6.45) is 0.764. The third kappa shape index (κ3) is 5.62. The lowest BCUT2D eigenvalue weighted by molar-refractivity contribution is -0.140. The molecule has 1 atom stereocenters. The molecule has 0 spiro atoms. The lowest BCUT2D eigenvalue weighted by Gasteiger charge is -2.35. The average Bonchev–Trinajstić information content (AvgIpc) is 2.69. The fourth-order valence-corrected chi connectivity index (χ4v) is 3.19. The van der Waals surface area contributed by atoms with Gasteiger partial charge >= 0.3 is 12.0 Å². The van der Waals surface area contributed by atoms with E-state index in [-0.39, 0.29) is 23.8 Å². The van der Waals surface area contributed by atoms with E-state index in [1.54, 1.807) is 30.0 Å². The van der Waals surface area contributed by atoms with E-state index in [4.69, 9.17) is 4.74 Å². The van der Waals surface area contributed by atoms with Crippen LogP contribution in [0.3, 0.4) is 0 Å². The zero-order valence-corrected chi connectivity index (χ0v) is 18.7. The lowest BCUT2D eigenvalue weighted by Crippen LogP contribution is -2.48. The number of urea groups is 1. The zero-order chi connectivity index (χ0) is 22.4. The number of carbonyl (C=O) groups is 3. The number of hydrogen-bond donors (Lipinski definition) is 2. The number of amides is 3. The van der Waals surface area contributed by atoms with E-state index in [0.717, 1.165) is 6.42 Å². The van der Waals surface area contributed by atoms with Crippen LogP contribution in [0.15, 0.2) is 35.5 Å². The van der Waals surface area contributed by atoms with Gasteiger partial charge in [0.1, 0.15) is 0 Å². The normalized spacial score (nSPS) is 16.7. The Kier molecular flexibility index (Phi) is 8.03. The van der Waals surface area contributed by atoms with Gasteiger partial charge in [-0.05, 0) is 37.0 Å². The molecule has 0 aliphatic carbocycles. The standard InChI is InChI=1S/C23H33N3O4/c1-7-11-26-16(6)19(22(28)30-13-14(2)3)20(25-23(26)29)17-9-8-10-18(12-17)24-21(27)15(4)5/h8-10,12,14-15,20H,7,11,13H2,1-6H3,(H,24,27)(H,25,29). The van der Waals surface area contributed by atoms with Crippen LogP contribution in [0.4, 0.5) is 10.5 Å². The van der Waals surface area contributed by atoms with E-state index in [9.17, 15) is 14.4 Å². The third-order valence-corrected chi connectivity index (χ3v) is 4.82. The summed E-state index contributed by atoms with van der Waals surface area (Å²) in [6.45, 7) is 12.1. The molecule has 0 radical (unpaired) electrons. The van der Waals surface area contributed by atoms with Crippen LogP contribution >= 0.6 is 0 Å². The Labute approximate surface area is 178 Å². The average molecular weight is 416 g/mol. The Morgan fingerprint density at radius 2 is 1.93 bits per heavy atom. The van der Waals surface area contributed by atoms with E-state index in [1.165, 1.54) is 0 Å². The second-order valence-corrected chi connectivity index (χ2v) is 8.29. The van der Waals surface area contributed by atoms with Gasteiger partial charge < -0.3 is 15.4 Å². The molecule has 0 aromatic heterocycles. The highest BCUT2D eigenvalue weighted by Crippen LogP contribution is 2.32. The minimum Gasteiger partial charge on any atom is -0.462 e. The molecule has 1 unspecified atom stereocenters. The summed E-state index contributed by atoms with van der Waals surface area (Å²) >= 11 is 0. The zero-order valence-electron chi connectivity index (χ0n) is 18.7. The SMILES string of the molecule is CCCN1C(=O)NC(c2cccc(NC(=O)C(C)C)c2)C(C(=O)OCC(C)C)=C1C. The van der Waals surface area contributed by atoms with Crippen molar-refractivity contribution in [2.24, 2.45) is 11.8 Å². The molecule has 3 amide bonds. The van der Waals surface area contributed by atoms with Gasteiger partial charge in [-0.15, -0.1) is 0 Å². The van der Waals surface area contributed by atoms with Crippen molar-refractivity contribution >= 4 is 23.6 Å². The molecule has 164 valence electrons. The highest BCUT2D eigenvalue weighted by molar-refractivity contribution is 5.95. The quantitative estimate of drug-likeness (QED) is 0.622. The molecule has 0 saturated heterocycles. The number of rotatable bonds is 8. The fourth-order valence-electron chi connectivity index (χ4n) is 3.19. The van der Waals surface area contributed by atoms with E-state index in [2.05, 4.69) is 10.6 Å². The van der Waals surface area contributed by atoms with Gasteiger partial charge in [0.05, 0.1) is 18.2 Å². The molecule has 2 N–H and O–H groups in total. The van der Waals surface area contributed by atoms with Crippen LogP contribution in [0, 0.1) is 11.8 Å². The molecule has 7 nitrogen and oxygen atoms in total. The number of ether oxygens (including phenoxy) is 1. The number of anilines is 1. The monoisotopic (exact) mass is 415 g/mol. The Morgan fingerprint density at radius 1 is 1.23 bits per heavy atom. The molecule has 0 saturated carbocycles. The van der Waals surface area contributed by atoms with Crippen LogP contribution in [0.1, 0.15) is 59.6 Å².